The van der Waals surface area contributed by atoms with Crippen LogP contribution in [0.1, 0.15) is 21.5 Å². The number of halogens is 4. The second-order valence-electron chi connectivity index (χ2n) is 7.00. The molecule has 186 valence electrons. The monoisotopic (exact) mass is 519 g/mol. The molecular weight excluding hydrogens is 503 g/mol. The number of nitrogens with one attached hydrogen (secondary N) is 2. The van der Waals surface area contributed by atoms with Gasteiger partial charge >= 0.3 is 24.0 Å². The number of hydrogen-bond donors (Lipinski definition) is 2. The van der Waals surface area contributed by atoms with Crippen LogP contribution in [0.4, 0.5) is 18.9 Å². The number of esters is 1. The van der Waals surface area contributed by atoms with E-state index in [1.54, 1.807) is 24.3 Å². The highest BCUT2D eigenvalue weighted by molar-refractivity contribution is 6.41. The SMILES string of the molecule is COc1ccc(C(=O)Oc2ccccc2/C=N/NC(=O)C(=O)Nc2cc(C(F)(F)F)ccc2Cl)cc1. The molecule has 0 saturated heterocycles. The van der Waals surface area contributed by atoms with Crippen molar-refractivity contribution in [2.75, 3.05) is 12.4 Å². The Morgan fingerprint density at radius 2 is 1.67 bits per heavy atom. The molecule has 3 aromatic rings. The van der Waals surface area contributed by atoms with Crippen LogP contribution in [0.25, 0.3) is 0 Å². The average molecular weight is 520 g/mol. The van der Waals surface area contributed by atoms with Crippen LogP contribution in [-0.2, 0) is 15.8 Å². The number of alkyl halides is 3. The number of anilines is 1. The van der Waals surface area contributed by atoms with Crippen molar-refractivity contribution in [3.63, 3.8) is 0 Å². The molecule has 0 saturated carbocycles. The highest BCUT2D eigenvalue weighted by atomic mass is 35.5. The van der Waals surface area contributed by atoms with E-state index in [9.17, 15) is 27.6 Å². The smallest absolute Gasteiger partial charge is 0.416 e. The van der Waals surface area contributed by atoms with E-state index >= 15 is 0 Å². The highest BCUT2D eigenvalue weighted by Gasteiger charge is 2.31. The summed E-state index contributed by atoms with van der Waals surface area (Å²) in [6.45, 7) is 0. The van der Waals surface area contributed by atoms with Gasteiger partial charge in [0.05, 0.1) is 35.2 Å². The maximum Gasteiger partial charge on any atom is 0.416 e. The second kappa shape index (κ2) is 11.4. The molecule has 0 aliphatic heterocycles. The van der Waals surface area contributed by atoms with Gasteiger partial charge in [-0.25, -0.2) is 10.2 Å². The van der Waals surface area contributed by atoms with Crippen LogP contribution >= 0.6 is 11.6 Å². The van der Waals surface area contributed by atoms with Gasteiger partial charge in [0.1, 0.15) is 11.5 Å². The summed E-state index contributed by atoms with van der Waals surface area (Å²) in [5, 5.41) is 5.45. The zero-order chi connectivity index (χ0) is 26.3. The third-order valence-electron chi connectivity index (χ3n) is 4.57. The van der Waals surface area contributed by atoms with Gasteiger partial charge in [-0.15, -0.1) is 0 Å². The van der Waals surface area contributed by atoms with E-state index in [1.165, 1.54) is 31.4 Å². The fourth-order valence-electron chi connectivity index (χ4n) is 2.75. The van der Waals surface area contributed by atoms with E-state index in [0.717, 1.165) is 18.3 Å². The molecule has 3 aromatic carbocycles. The lowest BCUT2D eigenvalue weighted by Crippen LogP contribution is -2.32. The summed E-state index contributed by atoms with van der Waals surface area (Å²) in [6.07, 6.45) is -3.54. The third-order valence-corrected chi connectivity index (χ3v) is 4.89. The first-order chi connectivity index (χ1) is 17.1. The Kier molecular flexibility index (Phi) is 8.28. The first kappa shape index (κ1) is 26.2. The number of methoxy groups -OCH3 is 1. The number of amides is 2. The Hall–Kier alpha value is -4.38. The summed E-state index contributed by atoms with van der Waals surface area (Å²) in [5.74, 6) is -2.54. The lowest BCUT2D eigenvalue weighted by atomic mass is 10.2. The Bertz CT molecular complexity index is 1310. The van der Waals surface area contributed by atoms with Gasteiger partial charge in [-0.2, -0.15) is 18.3 Å². The molecule has 0 fully saturated rings. The summed E-state index contributed by atoms with van der Waals surface area (Å²) in [6, 6.07) is 14.8. The van der Waals surface area contributed by atoms with Crippen molar-refractivity contribution in [1.82, 2.24) is 5.43 Å². The standard InChI is InChI=1S/C24H17ClF3N3O5/c1-35-17-9-6-14(7-10-17)23(34)36-20-5-3-2-4-15(20)13-29-31-22(33)21(32)30-19-12-16(24(26,27)28)8-11-18(19)25/h2-13H,1H3,(H,30,32)(H,31,33)/b29-13+. The van der Waals surface area contributed by atoms with Crippen molar-refractivity contribution in [3.05, 3.63) is 88.4 Å². The first-order valence-electron chi connectivity index (χ1n) is 10.0. The minimum Gasteiger partial charge on any atom is -0.497 e. The summed E-state index contributed by atoms with van der Waals surface area (Å²) in [7, 11) is 1.49. The predicted molar refractivity (Wildman–Crippen MR) is 125 cm³/mol. The minimum atomic E-state index is -4.67. The zero-order valence-electron chi connectivity index (χ0n) is 18.4. The van der Waals surface area contributed by atoms with Crippen LogP contribution in [0, 0.1) is 0 Å². The van der Waals surface area contributed by atoms with Crippen molar-refractivity contribution >= 4 is 41.3 Å². The molecule has 0 aromatic heterocycles. The van der Waals surface area contributed by atoms with Crippen LogP contribution in [0.2, 0.25) is 5.02 Å². The first-order valence-corrected chi connectivity index (χ1v) is 10.4. The van der Waals surface area contributed by atoms with Crippen molar-refractivity contribution in [2.24, 2.45) is 5.10 Å². The van der Waals surface area contributed by atoms with E-state index in [-0.39, 0.29) is 16.3 Å². The number of rotatable bonds is 6. The molecule has 0 unspecified atom stereocenters. The van der Waals surface area contributed by atoms with Gasteiger partial charge in [-0.1, -0.05) is 23.7 Å². The summed E-state index contributed by atoms with van der Waals surface area (Å²) >= 11 is 5.81. The van der Waals surface area contributed by atoms with Gasteiger partial charge in [-0.05, 0) is 54.6 Å². The van der Waals surface area contributed by atoms with Gasteiger partial charge < -0.3 is 14.8 Å². The number of hydrogen-bond acceptors (Lipinski definition) is 6. The van der Waals surface area contributed by atoms with E-state index < -0.39 is 35.2 Å². The number of benzene rings is 3. The van der Waals surface area contributed by atoms with Crippen molar-refractivity contribution in [1.29, 1.82) is 0 Å². The molecule has 36 heavy (non-hydrogen) atoms. The second-order valence-corrected chi connectivity index (χ2v) is 7.41. The number of nitrogens with zero attached hydrogens (tertiary/aromatic N) is 1. The molecule has 12 heteroatoms. The molecule has 0 radical (unpaired) electrons. The summed E-state index contributed by atoms with van der Waals surface area (Å²) < 4.78 is 49.0. The fourth-order valence-corrected chi connectivity index (χ4v) is 2.92. The van der Waals surface area contributed by atoms with Gasteiger partial charge in [-0.3, -0.25) is 9.59 Å². The van der Waals surface area contributed by atoms with Gasteiger partial charge in [0.25, 0.3) is 0 Å². The van der Waals surface area contributed by atoms with Crippen LogP contribution in [-0.4, -0.2) is 31.1 Å². The van der Waals surface area contributed by atoms with E-state index in [0.29, 0.717) is 17.4 Å². The lowest BCUT2D eigenvalue weighted by Gasteiger charge is -2.11. The van der Waals surface area contributed by atoms with Gasteiger partial charge in [0.2, 0.25) is 0 Å². The average Bonchev–Trinajstić information content (AvgIpc) is 2.85. The largest absolute Gasteiger partial charge is 0.497 e. The van der Waals surface area contributed by atoms with Crippen LogP contribution in [0.3, 0.4) is 0 Å². The lowest BCUT2D eigenvalue weighted by molar-refractivity contribution is -0.137. The molecular formula is C24H17ClF3N3O5. The maximum atomic E-state index is 12.9. The van der Waals surface area contributed by atoms with E-state index in [4.69, 9.17) is 21.1 Å². The summed E-state index contributed by atoms with van der Waals surface area (Å²) in [4.78, 5) is 36.5. The zero-order valence-corrected chi connectivity index (χ0v) is 19.2. The number of ether oxygens (including phenoxy) is 2. The Morgan fingerprint density at radius 1 is 0.972 bits per heavy atom. The molecule has 2 amide bonds. The fraction of sp³-hybridized carbons (Fsp3) is 0.0833. The van der Waals surface area contributed by atoms with Crippen LogP contribution in [0.5, 0.6) is 11.5 Å². The maximum absolute atomic E-state index is 12.9. The van der Waals surface area contributed by atoms with E-state index in [2.05, 4.69) is 5.10 Å². The van der Waals surface area contributed by atoms with Crippen molar-refractivity contribution in [2.45, 2.75) is 6.18 Å². The molecule has 0 spiro atoms. The van der Waals surface area contributed by atoms with E-state index in [1.807, 2.05) is 10.7 Å². The minimum absolute atomic E-state index is 0.122. The number of hydrazone groups is 1. The van der Waals surface area contributed by atoms with Crippen LogP contribution < -0.4 is 20.2 Å². The Balaban J connectivity index is 1.64. The predicted octanol–water partition coefficient (Wildman–Crippen LogP) is 4.68. The molecule has 0 heterocycles. The number of carbonyl (C=O) groups is 3. The molecule has 0 aliphatic rings. The molecule has 3 rings (SSSR count). The Morgan fingerprint density at radius 3 is 2.33 bits per heavy atom. The third kappa shape index (κ3) is 6.83. The molecule has 0 atom stereocenters. The topological polar surface area (TPSA) is 106 Å². The molecule has 8 nitrogen and oxygen atoms in total. The number of para-hydroxylation sites is 1. The number of carbonyl (C=O) groups excluding carboxylic acids is 3. The molecule has 0 aliphatic carbocycles. The van der Waals surface area contributed by atoms with Crippen LogP contribution in [0.15, 0.2) is 71.8 Å². The normalized spacial score (nSPS) is 11.1. The van der Waals surface area contributed by atoms with Crippen molar-refractivity contribution < 1.29 is 37.0 Å². The molecule has 2 N–H and O–H groups in total. The van der Waals surface area contributed by atoms with Gasteiger partial charge in [0.15, 0.2) is 0 Å². The Labute approximate surface area is 207 Å². The molecule has 0 bridgehead atoms. The van der Waals surface area contributed by atoms with Crippen molar-refractivity contribution in [3.8, 4) is 11.5 Å². The quantitative estimate of drug-likeness (QED) is 0.162. The summed E-state index contributed by atoms with van der Waals surface area (Å²) in [5.41, 5.74) is 1.05. The highest BCUT2D eigenvalue weighted by Crippen LogP contribution is 2.33. The van der Waals surface area contributed by atoms with Gasteiger partial charge in [0, 0.05) is 5.56 Å².